The van der Waals surface area contributed by atoms with Crippen molar-refractivity contribution in [2.75, 3.05) is 19.6 Å². The van der Waals surface area contributed by atoms with Crippen LogP contribution in [0.4, 0.5) is 0 Å². The fourth-order valence-corrected chi connectivity index (χ4v) is 3.04. The molecular weight excluding hydrogens is 316 g/mol. The lowest BCUT2D eigenvalue weighted by atomic mass is 10.2. The lowest BCUT2D eigenvalue weighted by Crippen LogP contribution is -2.27. The number of aryl methyl sites for hydroxylation is 1. The number of carbonyl (C=O) groups is 1. The third-order valence-corrected chi connectivity index (χ3v) is 4.25. The van der Waals surface area contributed by atoms with E-state index in [0.717, 1.165) is 24.1 Å². The Bertz CT molecular complexity index is 739. The zero-order chi connectivity index (χ0) is 17.6. The molecule has 3 rings (SSSR count). The summed E-state index contributed by atoms with van der Waals surface area (Å²) in [7, 11) is 1.81. The summed E-state index contributed by atoms with van der Waals surface area (Å²) in [6.07, 6.45) is 6.29. The maximum absolute atomic E-state index is 12.4. The Kier molecular flexibility index (Phi) is 5.63. The minimum absolute atomic E-state index is 0.173. The number of nitrogens with one attached hydrogen (secondary N) is 1. The van der Waals surface area contributed by atoms with Crippen molar-refractivity contribution in [2.45, 2.75) is 19.1 Å². The van der Waals surface area contributed by atoms with Crippen LogP contribution >= 0.6 is 0 Å². The van der Waals surface area contributed by atoms with Crippen molar-refractivity contribution in [3.8, 4) is 0 Å². The molecule has 0 saturated carbocycles. The lowest BCUT2D eigenvalue weighted by Gasteiger charge is -2.14. The molecule has 1 fully saturated rings. The van der Waals surface area contributed by atoms with E-state index in [1.807, 2.05) is 55.7 Å². The van der Waals surface area contributed by atoms with Gasteiger partial charge in [-0.15, -0.1) is 0 Å². The molecule has 1 aliphatic rings. The molecule has 0 aliphatic carbocycles. The molecule has 132 valence electrons. The second kappa shape index (κ2) is 8.09. The Morgan fingerprint density at radius 1 is 1.40 bits per heavy atom. The van der Waals surface area contributed by atoms with Crippen molar-refractivity contribution in [3.05, 3.63) is 59.4 Å². The van der Waals surface area contributed by atoms with E-state index in [4.69, 9.17) is 0 Å². The van der Waals surface area contributed by atoms with Crippen LogP contribution in [0.2, 0.25) is 0 Å². The van der Waals surface area contributed by atoms with Crippen LogP contribution in [0, 0.1) is 0 Å². The van der Waals surface area contributed by atoms with Gasteiger partial charge in [-0.3, -0.25) is 14.4 Å². The first kappa shape index (κ1) is 17.4. The van der Waals surface area contributed by atoms with Gasteiger partial charge in [-0.05, 0) is 12.0 Å². The van der Waals surface area contributed by atoms with E-state index in [1.165, 1.54) is 0 Å². The third kappa shape index (κ3) is 4.78. The molecule has 6 heteroatoms. The molecule has 2 heterocycles. The van der Waals surface area contributed by atoms with Crippen LogP contribution in [0.5, 0.6) is 0 Å². The van der Waals surface area contributed by atoms with Crippen LogP contribution in [-0.4, -0.2) is 51.4 Å². The average Bonchev–Trinajstić information content (AvgIpc) is 3.18. The van der Waals surface area contributed by atoms with Crippen molar-refractivity contribution in [2.24, 2.45) is 7.05 Å². The largest absolute Gasteiger partial charge is 0.392 e. The standard InChI is InChI=1S/C19H24N4O2/c1-22-12-16(13-23-11-9-17(24)14-23)18(21-22)19(25)20-10-5-8-15-6-3-2-4-7-15/h2-8,12,17,24H,9-11,13-14H2,1H3,(H,20,25)/b8-5+. The van der Waals surface area contributed by atoms with Gasteiger partial charge in [-0.1, -0.05) is 42.5 Å². The molecule has 0 spiro atoms. The highest BCUT2D eigenvalue weighted by atomic mass is 16.3. The number of rotatable bonds is 6. The highest BCUT2D eigenvalue weighted by molar-refractivity contribution is 5.93. The molecule has 0 bridgehead atoms. The normalized spacial score (nSPS) is 18.1. The summed E-state index contributed by atoms with van der Waals surface area (Å²) in [5, 5.41) is 16.8. The van der Waals surface area contributed by atoms with Crippen molar-refractivity contribution < 1.29 is 9.90 Å². The summed E-state index contributed by atoms with van der Waals surface area (Å²) in [5.41, 5.74) is 2.45. The quantitative estimate of drug-likeness (QED) is 0.835. The molecule has 6 nitrogen and oxygen atoms in total. The molecule has 2 N–H and O–H groups in total. The van der Waals surface area contributed by atoms with E-state index in [9.17, 15) is 9.90 Å². The minimum Gasteiger partial charge on any atom is -0.392 e. The second-order valence-electron chi connectivity index (χ2n) is 6.38. The van der Waals surface area contributed by atoms with Crippen LogP contribution in [0.1, 0.15) is 28.0 Å². The highest BCUT2D eigenvalue weighted by Gasteiger charge is 2.23. The number of hydrogen-bond donors (Lipinski definition) is 2. The molecule has 1 saturated heterocycles. The molecule has 25 heavy (non-hydrogen) atoms. The number of β-amino-alcohol motifs (C(OH)–C–C–N with tert-alkyl or cyclic N) is 1. The monoisotopic (exact) mass is 340 g/mol. The van der Waals surface area contributed by atoms with Gasteiger partial charge in [0, 0.05) is 45.0 Å². The second-order valence-corrected chi connectivity index (χ2v) is 6.38. The fraction of sp³-hybridized carbons (Fsp3) is 0.368. The van der Waals surface area contributed by atoms with Gasteiger partial charge in [0.25, 0.3) is 5.91 Å². The number of benzene rings is 1. The molecule has 1 aromatic heterocycles. The third-order valence-electron chi connectivity index (χ3n) is 4.25. The maximum Gasteiger partial charge on any atom is 0.272 e. The number of nitrogens with zero attached hydrogens (tertiary/aromatic N) is 3. The number of amides is 1. The van der Waals surface area contributed by atoms with E-state index in [0.29, 0.717) is 25.3 Å². The van der Waals surface area contributed by atoms with Crippen LogP contribution in [-0.2, 0) is 13.6 Å². The smallest absolute Gasteiger partial charge is 0.272 e. The summed E-state index contributed by atoms with van der Waals surface area (Å²) < 4.78 is 1.66. The lowest BCUT2D eigenvalue weighted by molar-refractivity contribution is 0.0950. The minimum atomic E-state index is -0.267. The van der Waals surface area contributed by atoms with E-state index in [1.54, 1.807) is 4.68 Å². The first-order chi connectivity index (χ1) is 12.1. The summed E-state index contributed by atoms with van der Waals surface area (Å²) in [6, 6.07) is 9.96. The molecular formula is C19H24N4O2. The summed E-state index contributed by atoms with van der Waals surface area (Å²) in [6.45, 7) is 2.58. The molecule has 0 radical (unpaired) electrons. The Morgan fingerprint density at radius 2 is 2.20 bits per heavy atom. The van der Waals surface area contributed by atoms with E-state index in [-0.39, 0.29) is 12.0 Å². The molecule has 1 atom stereocenters. The zero-order valence-electron chi connectivity index (χ0n) is 14.4. The number of aliphatic hydroxyl groups is 1. The molecule has 1 aliphatic heterocycles. The number of aliphatic hydroxyl groups excluding tert-OH is 1. The predicted octanol–water partition coefficient (Wildman–Crippen LogP) is 1.43. The molecule has 1 unspecified atom stereocenters. The first-order valence-electron chi connectivity index (χ1n) is 8.54. The van der Waals surface area contributed by atoms with Gasteiger partial charge in [0.1, 0.15) is 0 Å². The zero-order valence-corrected chi connectivity index (χ0v) is 14.4. The first-order valence-corrected chi connectivity index (χ1v) is 8.54. The topological polar surface area (TPSA) is 70.4 Å². The molecule has 2 aromatic rings. The molecule has 1 aromatic carbocycles. The number of hydrogen-bond acceptors (Lipinski definition) is 4. The van der Waals surface area contributed by atoms with Crippen molar-refractivity contribution >= 4 is 12.0 Å². The van der Waals surface area contributed by atoms with Crippen LogP contribution in [0.15, 0.2) is 42.6 Å². The number of likely N-dealkylation sites (tertiary alicyclic amines) is 1. The Balaban J connectivity index is 1.57. The fourth-order valence-electron chi connectivity index (χ4n) is 3.04. The molecule has 1 amide bonds. The van der Waals surface area contributed by atoms with Crippen LogP contribution in [0.3, 0.4) is 0 Å². The van der Waals surface area contributed by atoms with Gasteiger partial charge >= 0.3 is 0 Å². The Hall–Kier alpha value is -2.44. The van der Waals surface area contributed by atoms with Gasteiger partial charge in [-0.2, -0.15) is 5.10 Å². The van der Waals surface area contributed by atoms with Crippen molar-refractivity contribution in [1.82, 2.24) is 20.0 Å². The van der Waals surface area contributed by atoms with Crippen LogP contribution < -0.4 is 5.32 Å². The predicted molar refractivity (Wildman–Crippen MR) is 96.9 cm³/mol. The average molecular weight is 340 g/mol. The number of aromatic nitrogens is 2. The maximum atomic E-state index is 12.4. The van der Waals surface area contributed by atoms with Crippen LogP contribution in [0.25, 0.3) is 6.08 Å². The summed E-state index contributed by atoms with van der Waals surface area (Å²) >= 11 is 0. The van der Waals surface area contributed by atoms with Gasteiger partial charge in [0.15, 0.2) is 5.69 Å². The van der Waals surface area contributed by atoms with Gasteiger partial charge < -0.3 is 10.4 Å². The van der Waals surface area contributed by atoms with Gasteiger partial charge in [0.2, 0.25) is 0 Å². The summed E-state index contributed by atoms with van der Waals surface area (Å²) in [5.74, 6) is -0.173. The van der Waals surface area contributed by atoms with Crippen molar-refractivity contribution in [1.29, 1.82) is 0 Å². The SMILES string of the molecule is Cn1cc(CN2CCC(O)C2)c(C(=O)NC/C=C/c2ccccc2)n1. The Morgan fingerprint density at radius 3 is 2.92 bits per heavy atom. The van der Waals surface area contributed by atoms with Gasteiger partial charge in [0.05, 0.1) is 6.10 Å². The summed E-state index contributed by atoms with van der Waals surface area (Å²) in [4.78, 5) is 14.6. The van der Waals surface area contributed by atoms with Gasteiger partial charge in [-0.25, -0.2) is 0 Å². The van der Waals surface area contributed by atoms with E-state index >= 15 is 0 Å². The van der Waals surface area contributed by atoms with Crippen molar-refractivity contribution in [3.63, 3.8) is 0 Å². The number of carbonyl (C=O) groups excluding carboxylic acids is 1. The highest BCUT2D eigenvalue weighted by Crippen LogP contribution is 2.15. The van der Waals surface area contributed by atoms with E-state index in [2.05, 4.69) is 15.3 Å². The van der Waals surface area contributed by atoms with E-state index < -0.39 is 0 Å². The Labute approximate surface area is 147 Å².